The van der Waals surface area contributed by atoms with Crippen molar-refractivity contribution in [2.45, 2.75) is 30.7 Å². The van der Waals surface area contributed by atoms with Crippen LogP contribution >= 0.6 is 0 Å². The lowest BCUT2D eigenvalue weighted by Crippen LogP contribution is -2.31. The lowest BCUT2D eigenvalue weighted by atomic mass is 10.2. The minimum Gasteiger partial charge on any atom is -0.341 e. The van der Waals surface area contributed by atoms with Gasteiger partial charge in [0.15, 0.2) is 0 Å². The fraction of sp³-hybridized carbons (Fsp3) is 0.263. The third-order valence-corrected chi connectivity index (χ3v) is 6.63. The van der Waals surface area contributed by atoms with Crippen LogP contribution in [0.5, 0.6) is 0 Å². The highest BCUT2D eigenvalue weighted by Crippen LogP contribution is 2.36. The van der Waals surface area contributed by atoms with Gasteiger partial charge in [-0.25, -0.2) is 13.4 Å². The fourth-order valence-corrected chi connectivity index (χ4v) is 5.14. The van der Waals surface area contributed by atoms with Gasteiger partial charge in [0.2, 0.25) is 15.9 Å². The summed E-state index contributed by atoms with van der Waals surface area (Å²) in [6.45, 7) is 1.87. The molecule has 1 atom stereocenters. The number of benzene rings is 2. The summed E-state index contributed by atoms with van der Waals surface area (Å²) in [4.78, 5) is 19.2. The van der Waals surface area contributed by atoms with Gasteiger partial charge in [-0.1, -0.05) is 12.1 Å². The van der Waals surface area contributed by atoms with E-state index in [-0.39, 0.29) is 16.8 Å². The molecule has 1 fully saturated rings. The first kappa shape index (κ1) is 17.7. The van der Waals surface area contributed by atoms with Gasteiger partial charge in [0.1, 0.15) is 5.82 Å². The van der Waals surface area contributed by atoms with E-state index in [1.54, 1.807) is 12.1 Å². The van der Waals surface area contributed by atoms with E-state index >= 15 is 0 Å². The molecule has 2 N–H and O–H groups in total. The Hall–Kier alpha value is -2.71. The highest BCUT2D eigenvalue weighted by Gasteiger charge is 2.37. The van der Waals surface area contributed by atoms with Crippen LogP contribution in [0.3, 0.4) is 0 Å². The Morgan fingerprint density at radius 1 is 1.19 bits per heavy atom. The number of aromatic amines is 1. The molecule has 0 bridgehead atoms. The van der Waals surface area contributed by atoms with Crippen LogP contribution < -0.4 is 5.32 Å². The summed E-state index contributed by atoms with van der Waals surface area (Å²) in [5.41, 5.74) is 2.30. The van der Waals surface area contributed by atoms with Crippen LogP contribution in [-0.2, 0) is 14.8 Å². The van der Waals surface area contributed by atoms with Crippen molar-refractivity contribution >= 4 is 32.7 Å². The van der Waals surface area contributed by atoms with Crippen LogP contribution in [0.15, 0.2) is 53.4 Å². The number of para-hydroxylation sites is 2. The van der Waals surface area contributed by atoms with Gasteiger partial charge in [0, 0.05) is 19.2 Å². The van der Waals surface area contributed by atoms with Crippen molar-refractivity contribution in [2.75, 3.05) is 11.9 Å². The number of fused-ring (bicyclic) bond motifs is 1. The number of amides is 1. The van der Waals surface area contributed by atoms with Gasteiger partial charge in [-0.15, -0.1) is 0 Å². The number of carbonyl (C=O) groups excluding carboxylic acids is 1. The summed E-state index contributed by atoms with van der Waals surface area (Å²) in [5.74, 6) is 0.474. The van der Waals surface area contributed by atoms with E-state index in [1.165, 1.54) is 23.4 Å². The molecule has 1 aliphatic rings. The number of nitrogens with zero attached hydrogens (tertiary/aromatic N) is 2. The molecule has 0 radical (unpaired) electrons. The van der Waals surface area contributed by atoms with Gasteiger partial charge >= 0.3 is 0 Å². The number of hydrogen-bond acceptors (Lipinski definition) is 4. The number of H-pyrrole nitrogens is 1. The van der Waals surface area contributed by atoms with Crippen LogP contribution in [0.1, 0.15) is 31.6 Å². The Balaban J connectivity index is 1.64. The quantitative estimate of drug-likeness (QED) is 0.723. The zero-order valence-corrected chi connectivity index (χ0v) is 15.7. The number of rotatable bonds is 4. The molecule has 27 heavy (non-hydrogen) atoms. The van der Waals surface area contributed by atoms with E-state index in [2.05, 4.69) is 15.3 Å². The molecule has 0 aliphatic carbocycles. The molecule has 8 heteroatoms. The topological polar surface area (TPSA) is 95.2 Å². The van der Waals surface area contributed by atoms with E-state index in [9.17, 15) is 13.2 Å². The molecular weight excluding hydrogens is 364 g/mol. The number of anilines is 1. The standard InChI is InChI=1S/C19H20N4O3S/c1-13(24)20-14-8-10-15(11-9-14)27(25,26)23-12-4-7-18(23)19-21-16-5-2-3-6-17(16)22-19/h2-3,5-6,8-11,18H,4,7,12H2,1H3,(H,20,24)(H,21,22)/t18-/m1/s1. The molecule has 0 unspecified atom stereocenters. The number of hydrogen-bond donors (Lipinski definition) is 2. The van der Waals surface area contributed by atoms with Crippen LogP contribution in [0.25, 0.3) is 11.0 Å². The second-order valence-corrected chi connectivity index (χ2v) is 8.51. The minimum atomic E-state index is -3.66. The van der Waals surface area contributed by atoms with E-state index in [4.69, 9.17) is 0 Å². The van der Waals surface area contributed by atoms with Crippen molar-refractivity contribution in [3.05, 3.63) is 54.4 Å². The van der Waals surface area contributed by atoms with Crippen molar-refractivity contribution in [1.82, 2.24) is 14.3 Å². The molecule has 0 spiro atoms. The average Bonchev–Trinajstić information content (AvgIpc) is 3.28. The first-order valence-corrected chi connectivity index (χ1v) is 10.2. The van der Waals surface area contributed by atoms with Gasteiger partial charge in [-0.05, 0) is 49.2 Å². The van der Waals surface area contributed by atoms with Crippen LogP contribution in [0.2, 0.25) is 0 Å². The molecule has 4 rings (SSSR count). The predicted molar refractivity (Wildman–Crippen MR) is 103 cm³/mol. The monoisotopic (exact) mass is 384 g/mol. The van der Waals surface area contributed by atoms with Gasteiger partial charge in [0.25, 0.3) is 0 Å². The lowest BCUT2D eigenvalue weighted by molar-refractivity contribution is -0.114. The predicted octanol–water partition coefficient (Wildman–Crippen LogP) is 3.05. The fourth-order valence-electron chi connectivity index (χ4n) is 3.48. The lowest BCUT2D eigenvalue weighted by Gasteiger charge is -2.22. The third-order valence-electron chi connectivity index (χ3n) is 4.71. The van der Waals surface area contributed by atoms with Crippen molar-refractivity contribution in [2.24, 2.45) is 0 Å². The maximum absolute atomic E-state index is 13.2. The summed E-state index contributed by atoms with van der Waals surface area (Å²) in [7, 11) is -3.66. The summed E-state index contributed by atoms with van der Waals surface area (Å²) >= 11 is 0. The summed E-state index contributed by atoms with van der Waals surface area (Å²) < 4.78 is 27.8. The maximum atomic E-state index is 13.2. The molecule has 1 aliphatic heterocycles. The van der Waals surface area contributed by atoms with E-state index in [1.807, 2.05) is 24.3 Å². The molecule has 1 aromatic heterocycles. The van der Waals surface area contributed by atoms with E-state index < -0.39 is 10.0 Å². The molecule has 1 saturated heterocycles. The molecule has 140 valence electrons. The normalized spacial score (nSPS) is 18.0. The number of imidazole rings is 1. The van der Waals surface area contributed by atoms with Crippen LogP contribution in [0.4, 0.5) is 5.69 Å². The maximum Gasteiger partial charge on any atom is 0.243 e. The average molecular weight is 384 g/mol. The van der Waals surface area contributed by atoms with Crippen molar-refractivity contribution in [3.63, 3.8) is 0 Å². The molecular formula is C19H20N4O3S. The first-order valence-electron chi connectivity index (χ1n) is 8.79. The Morgan fingerprint density at radius 2 is 1.93 bits per heavy atom. The van der Waals surface area contributed by atoms with E-state index in [0.29, 0.717) is 18.1 Å². The Labute approximate surface area is 157 Å². The second kappa shape index (κ2) is 6.79. The van der Waals surface area contributed by atoms with Gasteiger partial charge in [-0.2, -0.15) is 4.31 Å². The van der Waals surface area contributed by atoms with Crippen molar-refractivity contribution in [1.29, 1.82) is 0 Å². The molecule has 2 aromatic carbocycles. The number of aromatic nitrogens is 2. The summed E-state index contributed by atoms with van der Waals surface area (Å²) in [6.07, 6.45) is 1.51. The number of nitrogens with one attached hydrogen (secondary N) is 2. The number of carbonyl (C=O) groups is 1. The first-order chi connectivity index (χ1) is 12.9. The SMILES string of the molecule is CC(=O)Nc1ccc(S(=O)(=O)N2CCC[C@@H]2c2nc3ccccc3[nH]2)cc1. The van der Waals surface area contributed by atoms with Crippen LogP contribution in [0, 0.1) is 0 Å². The Morgan fingerprint density at radius 3 is 2.63 bits per heavy atom. The number of sulfonamides is 1. The third kappa shape index (κ3) is 3.33. The highest BCUT2D eigenvalue weighted by atomic mass is 32.2. The smallest absolute Gasteiger partial charge is 0.243 e. The van der Waals surface area contributed by atoms with Gasteiger partial charge < -0.3 is 10.3 Å². The molecule has 3 aromatic rings. The molecule has 1 amide bonds. The Bertz CT molecular complexity index is 1060. The summed E-state index contributed by atoms with van der Waals surface area (Å²) in [6, 6.07) is 13.6. The zero-order chi connectivity index (χ0) is 19.0. The van der Waals surface area contributed by atoms with E-state index in [0.717, 1.165) is 23.9 Å². The van der Waals surface area contributed by atoms with Crippen molar-refractivity contribution in [3.8, 4) is 0 Å². The highest BCUT2D eigenvalue weighted by molar-refractivity contribution is 7.89. The zero-order valence-electron chi connectivity index (χ0n) is 14.8. The van der Waals surface area contributed by atoms with Gasteiger partial charge in [-0.3, -0.25) is 4.79 Å². The summed E-state index contributed by atoms with van der Waals surface area (Å²) in [5, 5.41) is 2.64. The molecule has 2 heterocycles. The second-order valence-electron chi connectivity index (χ2n) is 6.62. The molecule has 7 nitrogen and oxygen atoms in total. The van der Waals surface area contributed by atoms with Crippen molar-refractivity contribution < 1.29 is 13.2 Å². The Kier molecular flexibility index (Phi) is 4.45. The largest absolute Gasteiger partial charge is 0.341 e. The van der Waals surface area contributed by atoms with Crippen LogP contribution in [-0.4, -0.2) is 35.1 Å². The molecule has 0 saturated carbocycles. The van der Waals surface area contributed by atoms with Gasteiger partial charge in [0.05, 0.1) is 22.0 Å². The minimum absolute atomic E-state index is 0.199.